The number of fused-ring (bicyclic) bond motifs is 1. The topological polar surface area (TPSA) is 61.6 Å². The molecule has 2 aliphatic carbocycles. The summed E-state index contributed by atoms with van der Waals surface area (Å²) >= 11 is 0. The summed E-state index contributed by atoms with van der Waals surface area (Å²) in [5.74, 6) is 1.89. The van der Waals surface area contributed by atoms with E-state index in [9.17, 15) is 14.3 Å². The number of nitrogens with zero attached hydrogens (tertiary/aromatic N) is 4. The average Bonchev–Trinajstić information content (AvgIpc) is 3.23. The number of piperidine rings is 1. The molecule has 2 aliphatic heterocycles. The van der Waals surface area contributed by atoms with Crippen LogP contribution in [0.25, 0.3) is 0 Å². The summed E-state index contributed by atoms with van der Waals surface area (Å²) in [4.78, 5) is 17.5. The van der Waals surface area contributed by atoms with Gasteiger partial charge in [0.25, 0.3) is 0 Å². The minimum absolute atomic E-state index is 0.181. The summed E-state index contributed by atoms with van der Waals surface area (Å²) in [6, 6.07) is 7.11. The van der Waals surface area contributed by atoms with Gasteiger partial charge in [-0.3, -0.25) is 9.48 Å². The maximum atomic E-state index is 14.3. The Balaban J connectivity index is 1.16. The van der Waals surface area contributed by atoms with Crippen LogP contribution in [0.4, 0.5) is 4.39 Å². The lowest BCUT2D eigenvalue weighted by molar-refractivity contribution is -0.152. The monoisotopic (exact) mass is 536 g/mol. The first kappa shape index (κ1) is 26.9. The second-order valence-corrected chi connectivity index (χ2v) is 13.0. The second-order valence-electron chi connectivity index (χ2n) is 13.0. The molecule has 0 spiro atoms. The molecule has 39 heavy (non-hydrogen) atoms. The molecule has 3 heterocycles. The Morgan fingerprint density at radius 1 is 1.05 bits per heavy atom. The van der Waals surface area contributed by atoms with Gasteiger partial charge in [0.05, 0.1) is 11.1 Å². The van der Waals surface area contributed by atoms with Crippen molar-refractivity contribution in [1.29, 1.82) is 0 Å². The highest BCUT2D eigenvalue weighted by molar-refractivity contribution is 5.75. The van der Waals surface area contributed by atoms with Crippen molar-refractivity contribution in [3.8, 4) is 0 Å². The molecule has 4 aliphatic rings. The number of carboxylic acids is 1. The minimum Gasteiger partial charge on any atom is -0.481 e. The number of aryl methyl sites for hydroxylation is 2. The average molecular weight is 537 g/mol. The first-order valence-corrected chi connectivity index (χ1v) is 15.3. The van der Waals surface area contributed by atoms with Gasteiger partial charge in [0.1, 0.15) is 5.82 Å². The van der Waals surface area contributed by atoms with Crippen molar-refractivity contribution in [2.45, 2.75) is 70.6 Å². The van der Waals surface area contributed by atoms with E-state index in [2.05, 4.69) is 41.4 Å². The molecule has 2 aromatic rings. The molecule has 2 saturated carbocycles. The Morgan fingerprint density at radius 3 is 2.44 bits per heavy atom. The lowest BCUT2D eigenvalue weighted by atomic mass is 9.73. The predicted octanol–water partition coefficient (Wildman–Crippen LogP) is 5.08. The third kappa shape index (κ3) is 4.94. The highest BCUT2D eigenvalue weighted by Crippen LogP contribution is 2.60. The molecule has 7 heteroatoms. The van der Waals surface area contributed by atoms with Crippen molar-refractivity contribution < 1.29 is 14.3 Å². The van der Waals surface area contributed by atoms with Crippen LogP contribution in [0.2, 0.25) is 0 Å². The summed E-state index contributed by atoms with van der Waals surface area (Å²) in [5, 5.41) is 15.0. The van der Waals surface area contributed by atoms with Gasteiger partial charge in [0.2, 0.25) is 0 Å². The smallest absolute Gasteiger partial charge is 0.310 e. The summed E-state index contributed by atoms with van der Waals surface area (Å²) in [7, 11) is 2.09. The molecule has 0 radical (unpaired) electrons. The Bertz CT molecular complexity index is 1190. The molecule has 1 aromatic heterocycles. The normalized spacial score (nSPS) is 30.5. The van der Waals surface area contributed by atoms with E-state index in [1.807, 2.05) is 6.07 Å². The van der Waals surface area contributed by atoms with Gasteiger partial charge in [-0.25, -0.2) is 4.39 Å². The maximum absolute atomic E-state index is 14.3. The summed E-state index contributed by atoms with van der Waals surface area (Å²) < 4.78 is 16.4. The van der Waals surface area contributed by atoms with Crippen molar-refractivity contribution in [1.82, 2.24) is 19.6 Å². The summed E-state index contributed by atoms with van der Waals surface area (Å²) in [6.45, 7) is 10.1. The van der Waals surface area contributed by atoms with Crippen LogP contribution in [0.1, 0.15) is 80.3 Å². The number of carboxylic acid groups (broad SMARTS) is 1. The molecule has 4 fully saturated rings. The molecule has 6 nitrogen and oxygen atoms in total. The Kier molecular flexibility index (Phi) is 7.34. The zero-order valence-electron chi connectivity index (χ0n) is 23.9. The van der Waals surface area contributed by atoms with Crippen LogP contribution in [0.15, 0.2) is 24.3 Å². The molecule has 2 saturated heterocycles. The molecule has 4 unspecified atom stereocenters. The number of aliphatic carboxylic acids is 1. The van der Waals surface area contributed by atoms with E-state index >= 15 is 0 Å². The lowest BCUT2D eigenvalue weighted by Crippen LogP contribution is -2.44. The summed E-state index contributed by atoms with van der Waals surface area (Å²) in [6.07, 6.45) is 6.73. The zero-order valence-corrected chi connectivity index (χ0v) is 23.9. The van der Waals surface area contributed by atoms with Crippen LogP contribution in [0.3, 0.4) is 0 Å². The van der Waals surface area contributed by atoms with Crippen molar-refractivity contribution in [3.05, 3.63) is 52.6 Å². The molecule has 1 aromatic carbocycles. The number of benzene rings is 1. The van der Waals surface area contributed by atoms with Gasteiger partial charge < -0.3 is 14.9 Å². The number of rotatable bonds is 9. The van der Waals surface area contributed by atoms with Crippen LogP contribution in [-0.4, -0.2) is 69.9 Å². The van der Waals surface area contributed by atoms with Crippen molar-refractivity contribution in [2.75, 3.05) is 39.3 Å². The zero-order chi connectivity index (χ0) is 27.3. The number of hydrogen-bond acceptors (Lipinski definition) is 4. The molecule has 4 atom stereocenters. The molecular weight excluding hydrogens is 491 g/mol. The van der Waals surface area contributed by atoms with E-state index < -0.39 is 11.4 Å². The van der Waals surface area contributed by atoms with E-state index in [-0.39, 0.29) is 11.7 Å². The maximum Gasteiger partial charge on any atom is 0.310 e. The van der Waals surface area contributed by atoms with Crippen molar-refractivity contribution >= 4 is 5.97 Å². The van der Waals surface area contributed by atoms with Crippen LogP contribution in [0.5, 0.6) is 0 Å². The third-order valence-corrected chi connectivity index (χ3v) is 10.6. The first-order valence-electron chi connectivity index (χ1n) is 15.3. The van der Waals surface area contributed by atoms with Gasteiger partial charge in [-0.05, 0) is 67.1 Å². The minimum atomic E-state index is -0.632. The summed E-state index contributed by atoms with van der Waals surface area (Å²) in [5.41, 5.74) is 4.67. The number of aromatic nitrogens is 2. The molecule has 212 valence electrons. The van der Waals surface area contributed by atoms with Crippen LogP contribution in [0, 0.1) is 29.0 Å². The molecule has 1 N–H and O–H groups in total. The fourth-order valence-electron chi connectivity index (χ4n) is 8.71. The fraction of sp³-hybridized carbons (Fsp3) is 0.688. The van der Waals surface area contributed by atoms with Gasteiger partial charge in [-0.15, -0.1) is 0 Å². The predicted molar refractivity (Wildman–Crippen MR) is 150 cm³/mol. The number of likely N-dealkylation sites (tertiary alicyclic amines) is 2. The second kappa shape index (κ2) is 10.6. The molecule has 0 bridgehead atoms. The van der Waals surface area contributed by atoms with Gasteiger partial charge in [0, 0.05) is 63.5 Å². The Hall–Kier alpha value is -2.25. The van der Waals surface area contributed by atoms with E-state index in [1.165, 1.54) is 23.0 Å². The SMILES string of the molecule is CCc1nn(C)c(CC)c1C1C2CN(CC3CN(CC4(C(=O)O)CCCCC4)CC3c3cccc(F)c3)CC21. The quantitative estimate of drug-likeness (QED) is 0.484. The van der Waals surface area contributed by atoms with E-state index in [0.717, 1.165) is 83.2 Å². The Labute approximate surface area is 232 Å². The molecular formula is C32H45FN4O2. The van der Waals surface area contributed by atoms with Crippen molar-refractivity contribution in [2.24, 2.45) is 30.2 Å². The Morgan fingerprint density at radius 2 is 1.79 bits per heavy atom. The first-order chi connectivity index (χ1) is 18.8. The van der Waals surface area contributed by atoms with Gasteiger partial charge >= 0.3 is 5.97 Å². The highest BCUT2D eigenvalue weighted by atomic mass is 19.1. The largest absolute Gasteiger partial charge is 0.481 e. The van der Waals surface area contributed by atoms with Gasteiger partial charge in [0.15, 0.2) is 0 Å². The van der Waals surface area contributed by atoms with Crippen molar-refractivity contribution in [3.63, 3.8) is 0 Å². The lowest BCUT2D eigenvalue weighted by Gasteiger charge is -2.36. The number of hydrogen-bond donors (Lipinski definition) is 1. The van der Waals surface area contributed by atoms with E-state index in [0.29, 0.717) is 30.2 Å². The highest BCUT2D eigenvalue weighted by Gasteiger charge is 2.58. The number of carbonyl (C=O) groups is 1. The third-order valence-electron chi connectivity index (χ3n) is 10.6. The van der Waals surface area contributed by atoms with E-state index in [1.54, 1.807) is 6.07 Å². The molecule has 0 amide bonds. The standard InChI is InChI=1S/C32H45FN4O2/c1-4-27-30(28(5-2)35(3)34-27)29-25-18-36(19-26(25)29)15-22-16-37(17-24(22)21-10-9-11-23(33)14-21)20-32(31(38)39)12-7-6-8-13-32/h9-11,14,22,24-26,29H,4-8,12-13,15-20H2,1-3H3,(H,38,39). The van der Waals surface area contributed by atoms with Gasteiger partial charge in [-0.2, -0.15) is 5.10 Å². The van der Waals surface area contributed by atoms with Crippen LogP contribution < -0.4 is 0 Å². The van der Waals surface area contributed by atoms with Gasteiger partial charge in [-0.1, -0.05) is 45.2 Å². The van der Waals surface area contributed by atoms with Crippen LogP contribution >= 0.6 is 0 Å². The fourth-order valence-corrected chi connectivity index (χ4v) is 8.71. The van der Waals surface area contributed by atoms with E-state index in [4.69, 9.17) is 5.10 Å². The van der Waals surface area contributed by atoms with Crippen LogP contribution in [-0.2, 0) is 24.7 Å². The number of halogens is 1. The molecule has 6 rings (SSSR count).